The number of nitrogens with two attached hydrogens (primary N) is 1. The number of nitrogens with zero attached hydrogens (tertiary/aromatic N) is 3. The average Bonchev–Trinajstić information content (AvgIpc) is 2.67. The number of primary amides is 1. The van der Waals surface area contributed by atoms with Gasteiger partial charge in [0.15, 0.2) is 0 Å². The second-order valence-electron chi connectivity index (χ2n) is 5.88. The van der Waals surface area contributed by atoms with Gasteiger partial charge in [0, 0.05) is 43.0 Å². The Morgan fingerprint density at radius 1 is 0.960 bits per heavy atom. The highest BCUT2D eigenvalue weighted by Crippen LogP contribution is 2.18. The number of piperazine rings is 1. The summed E-state index contributed by atoms with van der Waals surface area (Å²) in [5, 5.41) is 8.96. The van der Waals surface area contributed by atoms with Crippen LogP contribution in [0, 0.1) is 11.3 Å². The molecule has 25 heavy (non-hydrogen) atoms. The summed E-state index contributed by atoms with van der Waals surface area (Å²) in [6, 6.07) is 16.0. The summed E-state index contributed by atoms with van der Waals surface area (Å²) < 4.78 is 0. The number of rotatable bonds is 3. The molecule has 0 saturated carbocycles. The quantitative estimate of drug-likeness (QED) is 0.923. The van der Waals surface area contributed by atoms with Crippen LogP contribution in [0.5, 0.6) is 0 Å². The van der Waals surface area contributed by atoms with E-state index in [-0.39, 0.29) is 5.91 Å². The van der Waals surface area contributed by atoms with E-state index < -0.39 is 5.91 Å². The highest BCUT2D eigenvalue weighted by molar-refractivity contribution is 5.95. The first kappa shape index (κ1) is 16.5. The Balaban J connectivity index is 1.64. The average molecular weight is 334 g/mol. The van der Waals surface area contributed by atoms with Gasteiger partial charge in [0.2, 0.25) is 5.91 Å². The molecular formula is C19H18N4O2. The van der Waals surface area contributed by atoms with E-state index in [1.54, 1.807) is 41.3 Å². The fourth-order valence-electron chi connectivity index (χ4n) is 2.91. The third kappa shape index (κ3) is 3.61. The molecule has 1 saturated heterocycles. The Morgan fingerprint density at radius 2 is 1.64 bits per heavy atom. The molecule has 0 unspecified atom stereocenters. The second-order valence-corrected chi connectivity index (χ2v) is 5.88. The summed E-state index contributed by atoms with van der Waals surface area (Å²) in [7, 11) is 0. The minimum Gasteiger partial charge on any atom is -0.368 e. The predicted molar refractivity (Wildman–Crippen MR) is 94.2 cm³/mol. The van der Waals surface area contributed by atoms with Gasteiger partial charge in [0.1, 0.15) is 0 Å². The molecule has 126 valence electrons. The molecule has 0 aromatic heterocycles. The monoisotopic (exact) mass is 334 g/mol. The highest BCUT2D eigenvalue weighted by Gasteiger charge is 2.22. The Hall–Kier alpha value is -3.33. The Kier molecular flexibility index (Phi) is 4.66. The van der Waals surface area contributed by atoms with Crippen molar-refractivity contribution in [1.29, 1.82) is 5.26 Å². The lowest BCUT2D eigenvalue weighted by Gasteiger charge is -2.36. The summed E-state index contributed by atoms with van der Waals surface area (Å²) in [5.41, 5.74) is 7.76. The minimum absolute atomic E-state index is 0.0548. The second kappa shape index (κ2) is 7.05. The molecular weight excluding hydrogens is 316 g/mol. The number of benzene rings is 2. The number of hydrogen-bond acceptors (Lipinski definition) is 4. The lowest BCUT2D eigenvalue weighted by Crippen LogP contribution is -2.48. The summed E-state index contributed by atoms with van der Waals surface area (Å²) in [6.45, 7) is 2.62. The van der Waals surface area contributed by atoms with Gasteiger partial charge in [-0.25, -0.2) is 0 Å². The van der Waals surface area contributed by atoms with E-state index in [9.17, 15) is 9.59 Å². The molecule has 1 heterocycles. The number of nitriles is 1. The zero-order chi connectivity index (χ0) is 17.8. The van der Waals surface area contributed by atoms with E-state index in [0.29, 0.717) is 42.9 Å². The standard InChI is InChI=1S/C19H18N4O2/c20-13-14-2-1-3-16(12-14)19(25)23-10-8-22(9-11-23)17-6-4-15(5-7-17)18(21)24/h1-7,12H,8-11H2,(H2,21,24). The Bertz CT molecular complexity index is 831. The van der Waals surface area contributed by atoms with Gasteiger partial charge in [-0.3, -0.25) is 9.59 Å². The molecule has 2 N–H and O–H groups in total. The number of amides is 2. The summed E-state index contributed by atoms with van der Waals surface area (Å²) in [4.78, 5) is 27.7. The van der Waals surface area contributed by atoms with Gasteiger partial charge in [-0.15, -0.1) is 0 Å². The van der Waals surface area contributed by atoms with Crippen molar-refractivity contribution >= 4 is 17.5 Å². The van der Waals surface area contributed by atoms with Crippen LogP contribution in [-0.4, -0.2) is 42.9 Å². The van der Waals surface area contributed by atoms with Crippen molar-refractivity contribution < 1.29 is 9.59 Å². The molecule has 0 aliphatic carbocycles. The van der Waals surface area contributed by atoms with Crippen LogP contribution in [0.4, 0.5) is 5.69 Å². The van der Waals surface area contributed by atoms with E-state index in [4.69, 9.17) is 11.0 Å². The molecule has 0 atom stereocenters. The van der Waals surface area contributed by atoms with Crippen LogP contribution in [0.3, 0.4) is 0 Å². The normalized spacial score (nSPS) is 14.0. The molecule has 1 aliphatic rings. The van der Waals surface area contributed by atoms with Gasteiger partial charge >= 0.3 is 0 Å². The molecule has 2 amide bonds. The fourth-order valence-corrected chi connectivity index (χ4v) is 2.91. The lowest BCUT2D eigenvalue weighted by atomic mass is 10.1. The number of anilines is 1. The molecule has 1 aliphatic heterocycles. The highest BCUT2D eigenvalue weighted by atomic mass is 16.2. The third-order valence-electron chi connectivity index (χ3n) is 4.32. The molecule has 6 nitrogen and oxygen atoms in total. The number of carbonyl (C=O) groups is 2. The zero-order valence-electron chi connectivity index (χ0n) is 13.7. The molecule has 0 bridgehead atoms. The topological polar surface area (TPSA) is 90.4 Å². The van der Waals surface area contributed by atoms with E-state index >= 15 is 0 Å². The van der Waals surface area contributed by atoms with Crippen molar-refractivity contribution in [2.24, 2.45) is 5.73 Å². The summed E-state index contributed by atoms with van der Waals surface area (Å²) in [6.07, 6.45) is 0. The molecule has 2 aromatic rings. The van der Waals surface area contributed by atoms with E-state index in [0.717, 1.165) is 5.69 Å². The lowest BCUT2D eigenvalue weighted by molar-refractivity contribution is 0.0746. The van der Waals surface area contributed by atoms with Crippen LogP contribution >= 0.6 is 0 Å². The molecule has 6 heteroatoms. The molecule has 3 rings (SSSR count). The largest absolute Gasteiger partial charge is 0.368 e. The summed E-state index contributed by atoms with van der Waals surface area (Å²) >= 11 is 0. The van der Waals surface area contributed by atoms with Crippen LogP contribution in [0.2, 0.25) is 0 Å². The van der Waals surface area contributed by atoms with Gasteiger partial charge in [0.05, 0.1) is 11.6 Å². The Labute approximate surface area is 146 Å². The van der Waals surface area contributed by atoms with Crippen molar-refractivity contribution in [3.63, 3.8) is 0 Å². The van der Waals surface area contributed by atoms with Crippen molar-refractivity contribution in [2.75, 3.05) is 31.1 Å². The first-order chi connectivity index (χ1) is 12.1. The maximum atomic E-state index is 12.6. The smallest absolute Gasteiger partial charge is 0.254 e. The first-order valence-corrected chi connectivity index (χ1v) is 8.03. The van der Waals surface area contributed by atoms with Gasteiger partial charge in [-0.1, -0.05) is 6.07 Å². The fraction of sp³-hybridized carbons (Fsp3) is 0.211. The number of carbonyl (C=O) groups excluding carboxylic acids is 2. The third-order valence-corrected chi connectivity index (χ3v) is 4.32. The van der Waals surface area contributed by atoms with Crippen molar-refractivity contribution in [3.05, 3.63) is 65.2 Å². The maximum absolute atomic E-state index is 12.6. The SMILES string of the molecule is N#Cc1cccc(C(=O)N2CCN(c3ccc(C(N)=O)cc3)CC2)c1. The molecule has 0 spiro atoms. The zero-order valence-corrected chi connectivity index (χ0v) is 13.7. The van der Waals surface area contributed by atoms with Crippen molar-refractivity contribution in [2.45, 2.75) is 0 Å². The predicted octanol–water partition coefficient (Wildman–Crippen LogP) is 1.62. The van der Waals surface area contributed by atoms with E-state index in [1.165, 1.54) is 0 Å². The van der Waals surface area contributed by atoms with Gasteiger partial charge in [-0.2, -0.15) is 5.26 Å². The van der Waals surface area contributed by atoms with Crippen molar-refractivity contribution in [1.82, 2.24) is 4.90 Å². The van der Waals surface area contributed by atoms with Gasteiger partial charge < -0.3 is 15.5 Å². The van der Waals surface area contributed by atoms with Crippen LogP contribution in [-0.2, 0) is 0 Å². The van der Waals surface area contributed by atoms with E-state index in [2.05, 4.69) is 11.0 Å². The van der Waals surface area contributed by atoms with E-state index in [1.807, 2.05) is 12.1 Å². The number of hydrogen-bond donors (Lipinski definition) is 1. The molecule has 0 radical (unpaired) electrons. The van der Waals surface area contributed by atoms with Gasteiger partial charge in [0.25, 0.3) is 5.91 Å². The van der Waals surface area contributed by atoms with Crippen LogP contribution in [0.25, 0.3) is 0 Å². The van der Waals surface area contributed by atoms with Gasteiger partial charge in [-0.05, 0) is 42.5 Å². The van der Waals surface area contributed by atoms with Crippen LogP contribution in [0.15, 0.2) is 48.5 Å². The maximum Gasteiger partial charge on any atom is 0.254 e. The summed E-state index contributed by atoms with van der Waals surface area (Å²) in [5.74, 6) is -0.498. The molecule has 2 aromatic carbocycles. The van der Waals surface area contributed by atoms with Crippen LogP contribution in [0.1, 0.15) is 26.3 Å². The molecule has 1 fully saturated rings. The Morgan fingerprint density at radius 3 is 2.24 bits per heavy atom. The minimum atomic E-state index is -0.443. The first-order valence-electron chi connectivity index (χ1n) is 8.03. The van der Waals surface area contributed by atoms with Crippen LogP contribution < -0.4 is 10.6 Å². The van der Waals surface area contributed by atoms with Crippen molar-refractivity contribution in [3.8, 4) is 6.07 Å².